The number of nitrogens with one attached hydrogen (secondary N) is 1. The topological polar surface area (TPSA) is 84.9 Å². The van der Waals surface area contributed by atoms with Crippen molar-refractivity contribution in [2.45, 2.75) is 51.0 Å². The molecule has 6 aliphatic rings. The average molecular weight is 424 g/mol. The third-order valence-electron chi connectivity index (χ3n) is 8.33. The fraction of sp³-hybridized carbons (Fsp3) is 0.625. The number of benzene rings is 1. The van der Waals surface area contributed by atoms with E-state index in [0.29, 0.717) is 48.0 Å². The molecule has 3 amide bonds. The molecule has 1 N–H and O–H groups in total. The third kappa shape index (κ3) is 2.81. The number of nitrogens with zero attached hydrogens (tertiary/aromatic N) is 1. The number of amides is 3. The molecule has 7 nitrogen and oxygen atoms in total. The minimum Gasteiger partial charge on any atom is -0.486 e. The lowest BCUT2D eigenvalue weighted by Gasteiger charge is -2.56. The van der Waals surface area contributed by atoms with Gasteiger partial charge < -0.3 is 14.8 Å². The molecule has 2 heterocycles. The highest BCUT2D eigenvalue weighted by atomic mass is 16.6. The van der Waals surface area contributed by atoms with Crippen LogP contribution in [0.25, 0.3) is 0 Å². The number of fused-ring (bicyclic) bond motifs is 1. The molecule has 4 aliphatic carbocycles. The molecule has 4 bridgehead atoms. The van der Waals surface area contributed by atoms with Crippen LogP contribution in [0, 0.1) is 23.2 Å². The van der Waals surface area contributed by atoms with Gasteiger partial charge >= 0.3 is 6.03 Å². The molecule has 0 unspecified atom stereocenters. The van der Waals surface area contributed by atoms with Crippen molar-refractivity contribution in [3.63, 3.8) is 0 Å². The number of hydrogen-bond acceptors (Lipinski definition) is 5. The van der Waals surface area contributed by atoms with Crippen LogP contribution in [0.1, 0.15) is 51.0 Å². The van der Waals surface area contributed by atoms with Gasteiger partial charge in [-0.2, -0.15) is 0 Å². The minimum absolute atomic E-state index is 0.0709. The van der Waals surface area contributed by atoms with Crippen molar-refractivity contribution in [3.8, 4) is 11.5 Å². The molecule has 1 aromatic carbocycles. The highest BCUT2D eigenvalue weighted by molar-refractivity contribution is 6.09. The second-order valence-corrected chi connectivity index (χ2v) is 10.4. The van der Waals surface area contributed by atoms with Gasteiger partial charge in [0.05, 0.1) is 6.54 Å². The van der Waals surface area contributed by atoms with E-state index in [1.807, 2.05) is 0 Å². The Labute approximate surface area is 181 Å². The Balaban J connectivity index is 1.24. The Morgan fingerprint density at radius 1 is 1.03 bits per heavy atom. The summed E-state index contributed by atoms with van der Waals surface area (Å²) in [6.07, 6.45) is 6.54. The van der Waals surface area contributed by atoms with E-state index in [1.165, 1.54) is 19.3 Å². The van der Waals surface area contributed by atoms with Crippen LogP contribution >= 0.6 is 0 Å². The van der Waals surface area contributed by atoms with E-state index in [4.69, 9.17) is 9.47 Å². The number of rotatable bonds is 4. The summed E-state index contributed by atoms with van der Waals surface area (Å²) in [6.45, 7) is 2.49. The van der Waals surface area contributed by atoms with E-state index in [0.717, 1.165) is 24.2 Å². The third-order valence-corrected chi connectivity index (χ3v) is 8.33. The predicted octanol–water partition coefficient (Wildman–Crippen LogP) is 3.01. The largest absolute Gasteiger partial charge is 0.486 e. The SMILES string of the molecule is C[C@]1(c2ccc3c(c2)OCCO3)NC(=O)N(CC(=O)C23CC4CC(CC(C4)C2)C3)C1=O. The van der Waals surface area contributed by atoms with Crippen LogP contribution in [0.2, 0.25) is 0 Å². The molecule has 1 atom stereocenters. The van der Waals surface area contributed by atoms with E-state index >= 15 is 0 Å². The Bertz CT molecular complexity index is 953. The molecule has 2 aliphatic heterocycles. The van der Waals surface area contributed by atoms with E-state index in [1.54, 1.807) is 25.1 Å². The summed E-state index contributed by atoms with van der Waals surface area (Å²) in [5.41, 5.74) is -0.931. The summed E-state index contributed by atoms with van der Waals surface area (Å²) >= 11 is 0. The molecule has 7 heteroatoms. The van der Waals surface area contributed by atoms with Crippen molar-refractivity contribution in [2.24, 2.45) is 23.2 Å². The van der Waals surface area contributed by atoms with Crippen LogP contribution < -0.4 is 14.8 Å². The Morgan fingerprint density at radius 3 is 2.29 bits per heavy atom. The molecular weight excluding hydrogens is 396 g/mol. The Hall–Kier alpha value is -2.57. The molecule has 0 radical (unpaired) electrons. The molecular formula is C24H28N2O5. The first-order valence-electron chi connectivity index (χ1n) is 11.4. The predicted molar refractivity (Wildman–Crippen MR) is 111 cm³/mol. The number of ketones is 1. The van der Waals surface area contributed by atoms with E-state index in [-0.39, 0.29) is 23.7 Å². The number of ether oxygens (including phenoxy) is 2. The van der Waals surface area contributed by atoms with Gasteiger partial charge in [-0.1, -0.05) is 6.07 Å². The van der Waals surface area contributed by atoms with Gasteiger partial charge in [0.15, 0.2) is 17.3 Å². The summed E-state index contributed by atoms with van der Waals surface area (Å²) in [4.78, 5) is 40.8. The van der Waals surface area contributed by atoms with Crippen molar-refractivity contribution in [1.82, 2.24) is 10.2 Å². The standard InChI is InChI=1S/C24H28N2O5/c1-23(17-2-3-18-19(9-17)31-5-4-30-18)21(28)26(22(29)25-23)13-20(27)24-10-14-6-15(11-24)8-16(7-14)12-24/h2-3,9,14-16H,4-8,10-13H2,1H3,(H,25,29)/t14?,15?,16?,23-,24?/m1/s1. The molecule has 0 aromatic heterocycles. The molecule has 1 aromatic rings. The number of hydrogen-bond donors (Lipinski definition) is 1. The van der Waals surface area contributed by atoms with Gasteiger partial charge in [-0.05, 0) is 80.9 Å². The molecule has 31 heavy (non-hydrogen) atoms. The highest BCUT2D eigenvalue weighted by Crippen LogP contribution is 2.60. The first-order valence-corrected chi connectivity index (χ1v) is 11.4. The smallest absolute Gasteiger partial charge is 0.325 e. The first kappa shape index (κ1) is 19.1. The van der Waals surface area contributed by atoms with Gasteiger partial charge in [0.25, 0.3) is 5.91 Å². The van der Waals surface area contributed by atoms with Crippen molar-refractivity contribution in [1.29, 1.82) is 0 Å². The fourth-order valence-electron chi connectivity index (χ4n) is 7.15. The second kappa shape index (κ2) is 6.47. The summed E-state index contributed by atoms with van der Waals surface area (Å²) in [7, 11) is 0. The van der Waals surface area contributed by atoms with Gasteiger partial charge in [-0.15, -0.1) is 0 Å². The second-order valence-electron chi connectivity index (χ2n) is 10.4. The number of carbonyl (C=O) groups is 3. The van der Waals surface area contributed by atoms with Crippen molar-refractivity contribution in [2.75, 3.05) is 19.8 Å². The monoisotopic (exact) mass is 424 g/mol. The zero-order valence-electron chi connectivity index (χ0n) is 17.8. The highest BCUT2D eigenvalue weighted by Gasteiger charge is 2.56. The lowest BCUT2D eigenvalue weighted by Crippen LogP contribution is -2.53. The molecule has 7 rings (SSSR count). The van der Waals surface area contributed by atoms with Crippen LogP contribution in [0.5, 0.6) is 11.5 Å². The van der Waals surface area contributed by atoms with Crippen molar-refractivity contribution < 1.29 is 23.9 Å². The zero-order chi connectivity index (χ0) is 21.4. The maximum Gasteiger partial charge on any atom is 0.325 e. The quantitative estimate of drug-likeness (QED) is 0.751. The summed E-state index contributed by atoms with van der Waals surface area (Å²) in [6, 6.07) is 4.78. The fourth-order valence-corrected chi connectivity index (χ4v) is 7.15. The lowest BCUT2D eigenvalue weighted by molar-refractivity contribution is -0.147. The molecule has 0 spiro atoms. The normalized spacial score (nSPS) is 37.8. The minimum atomic E-state index is -1.23. The number of urea groups is 1. The van der Waals surface area contributed by atoms with Crippen LogP contribution in [-0.2, 0) is 15.1 Å². The maximum absolute atomic E-state index is 13.5. The van der Waals surface area contributed by atoms with Crippen molar-refractivity contribution >= 4 is 17.7 Å². The molecule has 164 valence electrons. The van der Waals surface area contributed by atoms with Crippen molar-refractivity contribution in [3.05, 3.63) is 23.8 Å². The molecule has 5 fully saturated rings. The van der Waals surface area contributed by atoms with Crippen LogP contribution in [0.15, 0.2) is 18.2 Å². The number of carbonyl (C=O) groups excluding carboxylic acids is 3. The van der Waals surface area contributed by atoms with Gasteiger partial charge in [0, 0.05) is 5.41 Å². The summed E-state index contributed by atoms with van der Waals surface area (Å²) in [5.74, 6) is 2.80. The summed E-state index contributed by atoms with van der Waals surface area (Å²) < 4.78 is 11.2. The van der Waals surface area contributed by atoms with E-state index < -0.39 is 11.6 Å². The molecule has 1 saturated heterocycles. The van der Waals surface area contributed by atoms with Crippen LogP contribution in [0.4, 0.5) is 4.79 Å². The van der Waals surface area contributed by atoms with E-state index in [2.05, 4.69) is 5.32 Å². The van der Waals surface area contributed by atoms with Crippen LogP contribution in [-0.4, -0.2) is 42.4 Å². The number of Topliss-reactive ketones (excluding diaryl/α,β-unsaturated/α-hetero) is 1. The van der Waals surface area contributed by atoms with E-state index in [9.17, 15) is 14.4 Å². The Morgan fingerprint density at radius 2 is 1.65 bits per heavy atom. The number of imide groups is 1. The lowest BCUT2D eigenvalue weighted by atomic mass is 9.48. The zero-order valence-corrected chi connectivity index (χ0v) is 17.8. The van der Waals surface area contributed by atoms with Gasteiger partial charge in [-0.25, -0.2) is 4.79 Å². The van der Waals surface area contributed by atoms with Gasteiger partial charge in [0.2, 0.25) is 0 Å². The summed E-state index contributed by atoms with van der Waals surface area (Å²) in [5, 5.41) is 2.82. The van der Waals surface area contributed by atoms with Crippen LogP contribution in [0.3, 0.4) is 0 Å². The molecule has 4 saturated carbocycles. The first-order chi connectivity index (χ1) is 14.9. The average Bonchev–Trinajstić information content (AvgIpc) is 2.96. The van der Waals surface area contributed by atoms with Gasteiger partial charge in [0.1, 0.15) is 18.8 Å². The Kier molecular flexibility index (Phi) is 3.99. The maximum atomic E-state index is 13.5. The van der Waals surface area contributed by atoms with Gasteiger partial charge in [-0.3, -0.25) is 14.5 Å².